The Balaban J connectivity index is 1.79. The predicted molar refractivity (Wildman–Crippen MR) is 91.4 cm³/mol. The van der Waals surface area contributed by atoms with Crippen LogP contribution in [0.4, 0.5) is 5.13 Å². The van der Waals surface area contributed by atoms with Crippen molar-refractivity contribution in [3.05, 3.63) is 52.0 Å². The lowest BCUT2D eigenvalue weighted by molar-refractivity contribution is 0.474. The van der Waals surface area contributed by atoms with Gasteiger partial charge in [0.25, 0.3) is 0 Å². The number of hydrazone groups is 1. The highest BCUT2D eigenvalue weighted by Crippen LogP contribution is 2.26. The zero-order valence-corrected chi connectivity index (χ0v) is 13.6. The van der Waals surface area contributed by atoms with Crippen LogP contribution in [-0.2, 0) is 0 Å². The number of phenolic OH excluding ortho intramolecular Hbond substituents is 1. The van der Waals surface area contributed by atoms with Gasteiger partial charge in [-0.2, -0.15) is 5.10 Å². The summed E-state index contributed by atoms with van der Waals surface area (Å²) in [6, 6.07) is 11.3. The fraction of sp³-hybridized carbons (Fsp3) is 0.0667. The summed E-state index contributed by atoms with van der Waals surface area (Å²) in [5, 5.41) is 14.6. The van der Waals surface area contributed by atoms with Gasteiger partial charge in [0.15, 0.2) is 0 Å². The second kappa shape index (κ2) is 5.83. The Kier molecular flexibility index (Phi) is 3.90. The Labute approximate surface area is 134 Å². The van der Waals surface area contributed by atoms with Crippen molar-refractivity contribution < 1.29 is 5.11 Å². The molecule has 0 bridgehead atoms. The summed E-state index contributed by atoms with van der Waals surface area (Å²) in [4.78, 5) is 4.45. The minimum absolute atomic E-state index is 0.184. The van der Waals surface area contributed by atoms with E-state index in [0.29, 0.717) is 5.56 Å². The Morgan fingerprint density at radius 2 is 2.14 bits per heavy atom. The number of fused-ring (bicyclic) bond motifs is 1. The van der Waals surface area contributed by atoms with Crippen LogP contribution < -0.4 is 5.43 Å². The molecule has 21 heavy (non-hydrogen) atoms. The number of hydrogen-bond acceptors (Lipinski definition) is 5. The molecule has 0 atom stereocenters. The van der Waals surface area contributed by atoms with Gasteiger partial charge in [0, 0.05) is 10.0 Å². The monoisotopic (exact) mass is 361 g/mol. The SMILES string of the molecule is Cc1ccc2nc(N/N=C/c3cc(Br)ccc3O)sc2c1. The second-order valence-electron chi connectivity index (χ2n) is 4.56. The van der Waals surface area contributed by atoms with Crippen LogP contribution in [0, 0.1) is 6.92 Å². The van der Waals surface area contributed by atoms with E-state index in [-0.39, 0.29) is 5.75 Å². The maximum Gasteiger partial charge on any atom is 0.204 e. The summed E-state index contributed by atoms with van der Waals surface area (Å²) < 4.78 is 2.01. The number of nitrogens with one attached hydrogen (secondary N) is 1. The summed E-state index contributed by atoms with van der Waals surface area (Å²) in [7, 11) is 0. The van der Waals surface area contributed by atoms with Crippen molar-refractivity contribution in [2.24, 2.45) is 5.10 Å². The highest BCUT2D eigenvalue weighted by Gasteiger charge is 2.03. The van der Waals surface area contributed by atoms with Gasteiger partial charge in [-0.25, -0.2) is 4.98 Å². The van der Waals surface area contributed by atoms with Gasteiger partial charge in [-0.05, 0) is 42.8 Å². The summed E-state index contributed by atoms with van der Waals surface area (Å²) in [6.45, 7) is 2.06. The molecule has 0 aliphatic heterocycles. The molecule has 106 valence electrons. The third kappa shape index (κ3) is 3.22. The molecular formula is C15H12BrN3OS. The molecule has 0 spiro atoms. The third-order valence-corrected chi connectivity index (χ3v) is 4.31. The number of benzene rings is 2. The fourth-order valence-corrected chi connectivity index (χ4v) is 3.16. The Morgan fingerprint density at radius 1 is 1.29 bits per heavy atom. The van der Waals surface area contributed by atoms with E-state index in [0.717, 1.165) is 19.8 Å². The number of aromatic hydroxyl groups is 1. The molecule has 3 aromatic rings. The average Bonchev–Trinajstić information content (AvgIpc) is 2.84. The van der Waals surface area contributed by atoms with Crippen molar-refractivity contribution >= 4 is 48.8 Å². The van der Waals surface area contributed by atoms with Crippen LogP contribution in [0.2, 0.25) is 0 Å². The van der Waals surface area contributed by atoms with Crippen molar-refractivity contribution in [2.75, 3.05) is 5.43 Å². The number of anilines is 1. The molecule has 1 aromatic heterocycles. The minimum atomic E-state index is 0.184. The highest BCUT2D eigenvalue weighted by molar-refractivity contribution is 9.10. The standard InChI is InChI=1S/C15H12BrN3OS/c1-9-2-4-12-14(6-9)21-15(18-12)19-17-8-10-7-11(16)3-5-13(10)20/h2-8,20H,1H3,(H,18,19)/b17-8+. The zero-order valence-electron chi connectivity index (χ0n) is 11.2. The first kappa shape index (κ1) is 14.0. The van der Waals surface area contributed by atoms with E-state index in [1.54, 1.807) is 35.8 Å². The van der Waals surface area contributed by atoms with Gasteiger partial charge in [-0.3, -0.25) is 5.43 Å². The lowest BCUT2D eigenvalue weighted by Gasteiger charge is -1.99. The van der Waals surface area contributed by atoms with E-state index in [4.69, 9.17) is 0 Å². The Bertz CT molecular complexity index is 829. The first-order valence-electron chi connectivity index (χ1n) is 6.26. The number of rotatable bonds is 3. The molecule has 4 nitrogen and oxygen atoms in total. The van der Waals surface area contributed by atoms with E-state index < -0.39 is 0 Å². The number of halogens is 1. The van der Waals surface area contributed by atoms with Gasteiger partial charge in [0.05, 0.1) is 16.4 Å². The lowest BCUT2D eigenvalue weighted by atomic mass is 10.2. The van der Waals surface area contributed by atoms with Crippen LogP contribution in [0.25, 0.3) is 10.2 Å². The molecule has 3 rings (SSSR count). The highest BCUT2D eigenvalue weighted by atomic mass is 79.9. The summed E-state index contributed by atoms with van der Waals surface area (Å²) in [5.41, 5.74) is 5.69. The summed E-state index contributed by atoms with van der Waals surface area (Å²) in [5.74, 6) is 0.184. The van der Waals surface area contributed by atoms with Crippen LogP contribution in [0.5, 0.6) is 5.75 Å². The number of phenols is 1. The van der Waals surface area contributed by atoms with E-state index >= 15 is 0 Å². The molecule has 0 unspecified atom stereocenters. The van der Waals surface area contributed by atoms with Crippen LogP contribution in [-0.4, -0.2) is 16.3 Å². The van der Waals surface area contributed by atoms with Gasteiger partial charge >= 0.3 is 0 Å². The normalized spacial score (nSPS) is 11.3. The molecule has 0 amide bonds. The maximum atomic E-state index is 9.72. The quantitative estimate of drug-likeness (QED) is 0.532. The molecule has 0 radical (unpaired) electrons. The number of aromatic nitrogens is 1. The molecule has 0 saturated heterocycles. The third-order valence-electron chi connectivity index (χ3n) is 2.90. The van der Waals surface area contributed by atoms with Crippen molar-refractivity contribution in [3.8, 4) is 5.75 Å². The van der Waals surface area contributed by atoms with Crippen molar-refractivity contribution in [2.45, 2.75) is 6.92 Å². The Hall–Kier alpha value is -1.92. The fourth-order valence-electron chi connectivity index (χ4n) is 1.87. The van der Waals surface area contributed by atoms with Crippen molar-refractivity contribution in [1.29, 1.82) is 0 Å². The van der Waals surface area contributed by atoms with Gasteiger partial charge in [-0.1, -0.05) is 33.3 Å². The van der Waals surface area contributed by atoms with E-state index in [1.165, 1.54) is 5.56 Å². The first-order valence-corrected chi connectivity index (χ1v) is 7.87. The maximum absolute atomic E-state index is 9.72. The van der Waals surface area contributed by atoms with Crippen LogP contribution in [0.1, 0.15) is 11.1 Å². The van der Waals surface area contributed by atoms with E-state index in [2.05, 4.69) is 44.4 Å². The zero-order chi connectivity index (χ0) is 14.8. The topological polar surface area (TPSA) is 57.5 Å². The summed E-state index contributed by atoms with van der Waals surface area (Å²) >= 11 is 4.91. The first-order chi connectivity index (χ1) is 10.1. The summed E-state index contributed by atoms with van der Waals surface area (Å²) in [6.07, 6.45) is 1.57. The van der Waals surface area contributed by atoms with Crippen molar-refractivity contribution in [1.82, 2.24) is 4.98 Å². The predicted octanol–water partition coefficient (Wildman–Crippen LogP) is 4.52. The number of thiazole rings is 1. The second-order valence-corrected chi connectivity index (χ2v) is 6.51. The van der Waals surface area contributed by atoms with E-state index in [9.17, 15) is 5.11 Å². The molecule has 2 aromatic carbocycles. The molecule has 1 heterocycles. The lowest BCUT2D eigenvalue weighted by Crippen LogP contribution is -1.90. The molecule has 0 fully saturated rings. The van der Waals surface area contributed by atoms with Gasteiger partial charge in [-0.15, -0.1) is 0 Å². The average molecular weight is 362 g/mol. The van der Waals surface area contributed by atoms with Crippen LogP contribution in [0.3, 0.4) is 0 Å². The number of hydrogen-bond donors (Lipinski definition) is 2. The molecular weight excluding hydrogens is 350 g/mol. The molecule has 0 saturated carbocycles. The van der Waals surface area contributed by atoms with Gasteiger partial charge in [0.2, 0.25) is 5.13 Å². The van der Waals surface area contributed by atoms with Gasteiger partial charge in [0.1, 0.15) is 5.75 Å². The van der Waals surface area contributed by atoms with Gasteiger partial charge < -0.3 is 5.11 Å². The molecule has 0 aliphatic carbocycles. The molecule has 0 aliphatic rings. The van der Waals surface area contributed by atoms with Crippen LogP contribution >= 0.6 is 27.3 Å². The minimum Gasteiger partial charge on any atom is -0.507 e. The molecule has 6 heteroatoms. The largest absolute Gasteiger partial charge is 0.507 e. The van der Waals surface area contributed by atoms with Crippen LogP contribution in [0.15, 0.2) is 46.0 Å². The Morgan fingerprint density at radius 3 is 3.00 bits per heavy atom. The number of aryl methyl sites for hydroxylation is 1. The smallest absolute Gasteiger partial charge is 0.204 e. The number of nitrogens with zero attached hydrogens (tertiary/aromatic N) is 2. The molecule has 2 N–H and O–H groups in total. The van der Waals surface area contributed by atoms with Crippen molar-refractivity contribution in [3.63, 3.8) is 0 Å². The van der Waals surface area contributed by atoms with E-state index in [1.807, 2.05) is 12.1 Å².